The fourth-order valence-electron chi connectivity index (χ4n) is 3.37. The zero-order chi connectivity index (χ0) is 19.8. The predicted molar refractivity (Wildman–Crippen MR) is 121 cm³/mol. The number of hydrogen-bond donors (Lipinski definition) is 1. The minimum atomic E-state index is -0.102. The summed E-state index contributed by atoms with van der Waals surface area (Å²) in [6, 6.07) is 13.9. The maximum absolute atomic E-state index is 12.6. The Morgan fingerprint density at radius 2 is 2.04 bits per heavy atom. The maximum atomic E-state index is 12.6. The van der Waals surface area contributed by atoms with E-state index in [-0.39, 0.29) is 5.91 Å². The maximum Gasteiger partial charge on any atom is 0.276 e. The molecule has 142 valence electrons. The second-order valence-corrected chi connectivity index (χ2v) is 8.21. The van der Waals surface area contributed by atoms with Gasteiger partial charge in [0.2, 0.25) is 0 Å². The summed E-state index contributed by atoms with van der Waals surface area (Å²) in [5.74, 6) is -0.102. The van der Waals surface area contributed by atoms with Crippen LogP contribution in [-0.4, -0.2) is 27.0 Å². The van der Waals surface area contributed by atoms with Gasteiger partial charge in [-0.05, 0) is 55.0 Å². The lowest BCUT2D eigenvalue weighted by Gasteiger charge is -2.08. The molecule has 2 aromatic carbocycles. The fourth-order valence-corrected chi connectivity index (χ4v) is 4.25. The molecule has 1 aromatic heterocycles. The molecule has 0 spiro atoms. The molecule has 7 heteroatoms. The minimum absolute atomic E-state index is 0.102. The van der Waals surface area contributed by atoms with Crippen LogP contribution in [0.1, 0.15) is 18.1 Å². The molecule has 1 N–H and O–H groups in total. The number of nitrogens with zero attached hydrogens (tertiary/aromatic N) is 2. The Labute approximate surface area is 181 Å². The molecule has 1 saturated heterocycles. The van der Waals surface area contributed by atoms with Gasteiger partial charge in [-0.15, -0.1) is 0 Å². The molecule has 28 heavy (non-hydrogen) atoms. The SMILES string of the molecule is CCN1C(=O)/C(=C/c2cn(Cc3ccccc3Cl)c3ccc(Br)cc23)NC1=S. The minimum Gasteiger partial charge on any atom is -0.342 e. The number of benzene rings is 2. The van der Waals surface area contributed by atoms with Gasteiger partial charge in [0.15, 0.2) is 5.11 Å². The van der Waals surface area contributed by atoms with Gasteiger partial charge in [-0.1, -0.05) is 45.7 Å². The molecule has 1 amide bonds. The van der Waals surface area contributed by atoms with Gasteiger partial charge in [0.25, 0.3) is 5.91 Å². The molecule has 1 fully saturated rings. The van der Waals surface area contributed by atoms with Gasteiger partial charge < -0.3 is 9.88 Å². The Bertz CT molecular complexity index is 1140. The highest BCUT2D eigenvalue weighted by atomic mass is 79.9. The Hall–Kier alpha value is -2.15. The van der Waals surface area contributed by atoms with E-state index in [0.717, 1.165) is 31.5 Å². The van der Waals surface area contributed by atoms with Crippen LogP contribution < -0.4 is 5.32 Å². The van der Waals surface area contributed by atoms with E-state index in [4.69, 9.17) is 23.8 Å². The molecule has 0 radical (unpaired) electrons. The van der Waals surface area contributed by atoms with Crippen molar-refractivity contribution >= 4 is 67.7 Å². The number of likely N-dealkylation sites (N-methyl/N-ethyl adjacent to an activating group) is 1. The van der Waals surface area contributed by atoms with E-state index in [9.17, 15) is 4.79 Å². The third-order valence-corrected chi connectivity index (χ3v) is 5.94. The summed E-state index contributed by atoms with van der Waals surface area (Å²) in [7, 11) is 0. The van der Waals surface area contributed by atoms with Crippen molar-refractivity contribution in [3.8, 4) is 0 Å². The number of amides is 1. The monoisotopic (exact) mass is 473 g/mol. The molecule has 1 aliphatic rings. The van der Waals surface area contributed by atoms with Crippen molar-refractivity contribution in [3.63, 3.8) is 0 Å². The van der Waals surface area contributed by atoms with Crippen LogP contribution in [0.5, 0.6) is 0 Å². The fraction of sp³-hybridized carbons (Fsp3) is 0.143. The normalized spacial score (nSPS) is 15.7. The van der Waals surface area contributed by atoms with Gasteiger partial charge in [0.1, 0.15) is 5.70 Å². The number of halogens is 2. The predicted octanol–water partition coefficient (Wildman–Crippen LogP) is 5.18. The topological polar surface area (TPSA) is 37.3 Å². The summed E-state index contributed by atoms with van der Waals surface area (Å²) in [4.78, 5) is 14.1. The van der Waals surface area contributed by atoms with Crippen molar-refractivity contribution in [2.75, 3.05) is 6.54 Å². The second kappa shape index (κ2) is 7.70. The second-order valence-electron chi connectivity index (χ2n) is 6.50. The van der Waals surface area contributed by atoms with Crippen LogP contribution in [0, 0.1) is 0 Å². The number of hydrogen-bond acceptors (Lipinski definition) is 2. The third-order valence-electron chi connectivity index (χ3n) is 4.75. The van der Waals surface area contributed by atoms with Gasteiger partial charge in [-0.2, -0.15) is 0 Å². The number of thiocarbonyl (C=S) groups is 1. The van der Waals surface area contributed by atoms with Crippen molar-refractivity contribution < 1.29 is 4.79 Å². The summed E-state index contributed by atoms with van der Waals surface area (Å²) < 4.78 is 3.12. The van der Waals surface area contributed by atoms with Crippen LogP contribution >= 0.6 is 39.7 Å². The lowest BCUT2D eigenvalue weighted by molar-refractivity contribution is -0.122. The van der Waals surface area contributed by atoms with Gasteiger partial charge >= 0.3 is 0 Å². The Morgan fingerprint density at radius 1 is 1.25 bits per heavy atom. The first-order valence-electron chi connectivity index (χ1n) is 8.84. The average molecular weight is 475 g/mol. The molecule has 4 rings (SSSR count). The number of fused-ring (bicyclic) bond motifs is 1. The third kappa shape index (κ3) is 3.48. The largest absolute Gasteiger partial charge is 0.342 e. The van der Waals surface area contributed by atoms with E-state index < -0.39 is 0 Å². The van der Waals surface area contributed by atoms with E-state index in [1.807, 2.05) is 49.5 Å². The first kappa shape index (κ1) is 19.2. The van der Waals surface area contributed by atoms with Crippen molar-refractivity contribution in [1.29, 1.82) is 0 Å². The molecule has 0 atom stereocenters. The lowest BCUT2D eigenvalue weighted by Crippen LogP contribution is -2.30. The van der Waals surface area contributed by atoms with Crippen LogP contribution in [0.3, 0.4) is 0 Å². The van der Waals surface area contributed by atoms with Crippen LogP contribution in [0.2, 0.25) is 5.02 Å². The molecule has 3 aromatic rings. The molecule has 0 bridgehead atoms. The summed E-state index contributed by atoms with van der Waals surface area (Å²) in [5, 5.41) is 5.25. The quantitative estimate of drug-likeness (QED) is 0.418. The van der Waals surface area contributed by atoms with Gasteiger partial charge in [-0.25, -0.2) is 0 Å². The van der Waals surface area contributed by atoms with E-state index in [0.29, 0.717) is 23.9 Å². The highest BCUT2D eigenvalue weighted by Gasteiger charge is 2.29. The standard InChI is InChI=1S/C21H17BrClN3OS/c1-2-26-20(27)18(24-21(26)28)9-14-12-25(11-13-5-3-4-6-17(13)23)19-8-7-15(22)10-16(14)19/h3-10,12H,2,11H2,1H3,(H,24,28)/b18-9-. The van der Waals surface area contributed by atoms with Gasteiger partial charge in [0, 0.05) is 45.2 Å². The molecule has 1 aliphatic heterocycles. The van der Waals surface area contributed by atoms with Crippen LogP contribution in [-0.2, 0) is 11.3 Å². The Kier molecular flexibility index (Phi) is 5.27. The smallest absolute Gasteiger partial charge is 0.276 e. The average Bonchev–Trinajstić information content (AvgIpc) is 3.13. The molecular formula is C21H17BrClN3OS. The zero-order valence-corrected chi connectivity index (χ0v) is 18.2. The molecule has 0 unspecified atom stereocenters. The number of nitrogens with one attached hydrogen (secondary N) is 1. The highest BCUT2D eigenvalue weighted by Crippen LogP contribution is 2.29. The number of carbonyl (C=O) groups is 1. The van der Waals surface area contributed by atoms with Crippen LogP contribution in [0.4, 0.5) is 0 Å². The van der Waals surface area contributed by atoms with Crippen molar-refractivity contribution in [2.45, 2.75) is 13.5 Å². The van der Waals surface area contributed by atoms with Crippen LogP contribution in [0.15, 0.2) is 58.8 Å². The highest BCUT2D eigenvalue weighted by molar-refractivity contribution is 9.10. The molecule has 2 heterocycles. The summed E-state index contributed by atoms with van der Waals surface area (Å²) >= 11 is 15.2. The first-order chi connectivity index (χ1) is 13.5. The zero-order valence-electron chi connectivity index (χ0n) is 15.1. The molecule has 0 aliphatic carbocycles. The van der Waals surface area contributed by atoms with Crippen molar-refractivity contribution in [2.24, 2.45) is 0 Å². The van der Waals surface area contributed by atoms with E-state index in [1.165, 1.54) is 0 Å². The van der Waals surface area contributed by atoms with Gasteiger partial charge in [-0.3, -0.25) is 9.69 Å². The molecule has 4 nitrogen and oxygen atoms in total. The van der Waals surface area contributed by atoms with E-state index in [2.05, 4.69) is 37.9 Å². The summed E-state index contributed by atoms with van der Waals surface area (Å²) in [6.45, 7) is 3.09. The van der Waals surface area contributed by atoms with Crippen molar-refractivity contribution in [1.82, 2.24) is 14.8 Å². The van der Waals surface area contributed by atoms with E-state index in [1.54, 1.807) is 4.90 Å². The number of carbonyl (C=O) groups excluding carboxylic acids is 1. The first-order valence-corrected chi connectivity index (χ1v) is 10.4. The summed E-state index contributed by atoms with van der Waals surface area (Å²) in [6.07, 6.45) is 3.90. The number of aromatic nitrogens is 1. The lowest BCUT2D eigenvalue weighted by atomic mass is 10.1. The summed E-state index contributed by atoms with van der Waals surface area (Å²) in [5.41, 5.74) is 3.54. The Balaban J connectivity index is 1.80. The van der Waals surface area contributed by atoms with E-state index >= 15 is 0 Å². The van der Waals surface area contributed by atoms with Crippen molar-refractivity contribution in [3.05, 3.63) is 75.0 Å². The van der Waals surface area contributed by atoms with Crippen LogP contribution in [0.25, 0.3) is 17.0 Å². The molecular weight excluding hydrogens is 458 g/mol. The molecule has 0 saturated carbocycles. The number of rotatable bonds is 4. The Morgan fingerprint density at radius 3 is 2.75 bits per heavy atom. The van der Waals surface area contributed by atoms with Gasteiger partial charge in [0.05, 0.1) is 0 Å².